The standard InChI is InChI=1S/C23H29FN2O2/c1-17(2)28-22-11-7-18(8-12-22)14-25-23(27)20-4-3-13-26(16-20)15-19-5-9-21(24)10-6-19/h5-12,17,20H,3-4,13-16H2,1-2H3,(H,25,27)/t20-/m1/s1. The third kappa shape index (κ3) is 6.06. The molecule has 2 aromatic rings. The van der Waals surface area contributed by atoms with Crippen molar-refractivity contribution < 1.29 is 13.9 Å². The van der Waals surface area contributed by atoms with Gasteiger partial charge in [-0.3, -0.25) is 9.69 Å². The van der Waals surface area contributed by atoms with Gasteiger partial charge in [-0.15, -0.1) is 0 Å². The largest absolute Gasteiger partial charge is 0.491 e. The van der Waals surface area contributed by atoms with Crippen LogP contribution in [0, 0.1) is 11.7 Å². The lowest BCUT2D eigenvalue weighted by Gasteiger charge is -2.32. The molecule has 1 atom stereocenters. The molecule has 0 bridgehead atoms. The minimum atomic E-state index is -0.219. The number of benzene rings is 2. The Morgan fingerprint density at radius 2 is 1.82 bits per heavy atom. The highest BCUT2D eigenvalue weighted by Gasteiger charge is 2.25. The highest BCUT2D eigenvalue weighted by molar-refractivity contribution is 5.79. The van der Waals surface area contributed by atoms with E-state index in [1.807, 2.05) is 50.2 Å². The third-order valence-corrected chi connectivity index (χ3v) is 4.96. The average Bonchev–Trinajstić information content (AvgIpc) is 2.69. The molecule has 0 aromatic heterocycles. The van der Waals surface area contributed by atoms with Crippen molar-refractivity contribution in [3.8, 4) is 5.75 Å². The average molecular weight is 384 g/mol. The first-order chi connectivity index (χ1) is 13.5. The van der Waals surface area contributed by atoms with E-state index < -0.39 is 0 Å². The molecular formula is C23H29FN2O2. The molecule has 1 N–H and O–H groups in total. The summed E-state index contributed by atoms with van der Waals surface area (Å²) < 4.78 is 18.7. The lowest BCUT2D eigenvalue weighted by molar-refractivity contribution is -0.126. The van der Waals surface area contributed by atoms with Crippen molar-refractivity contribution in [2.75, 3.05) is 13.1 Å². The lowest BCUT2D eigenvalue weighted by atomic mass is 9.96. The molecule has 0 radical (unpaired) electrons. The molecule has 1 amide bonds. The molecule has 1 fully saturated rings. The maximum atomic E-state index is 13.1. The predicted octanol–water partition coefficient (Wildman–Crippen LogP) is 4.14. The van der Waals surface area contributed by atoms with E-state index >= 15 is 0 Å². The first-order valence-corrected chi connectivity index (χ1v) is 9.99. The molecule has 1 aliphatic rings. The Bertz CT molecular complexity index is 759. The van der Waals surface area contributed by atoms with Crippen molar-refractivity contribution in [2.45, 2.75) is 45.9 Å². The van der Waals surface area contributed by atoms with Gasteiger partial charge in [0, 0.05) is 19.6 Å². The molecule has 0 saturated carbocycles. The van der Waals surface area contributed by atoms with Crippen molar-refractivity contribution in [3.63, 3.8) is 0 Å². The van der Waals surface area contributed by atoms with Gasteiger partial charge in [0.2, 0.25) is 5.91 Å². The smallest absolute Gasteiger partial charge is 0.224 e. The van der Waals surface area contributed by atoms with Crippen LogP contribution in [0.5, 0.6) is 5.75 Å². The molecule has 0 aliphatic carbocycles. The summed E-state index contributed by atoms with van der Waals surface area (Å²) in [5, 5.41) is 3.06. The fourth-order valence-electron chi connectivity index (χ4n) is 3.55. The first-order valence-electron chi connectivity index (χ1n) is 9.99. The van der Waals surface area contributed by atoms with Crippen LogP contribution in [0.4, 0.5) is 4.39 Å². The Labute approximate surface area is 166 Å². The van der Waals surface area contributed by atoms with Crippen molar-refractivity contribution in [1.82, 2.24) is 10.2 Å². The van der Waals surface area contributed by atoms with Gasteiger partial charge in [-0.25, -0.2) is 4.39 Å². The minimum absolute atomic E-state index is 0.00209. The molecule has 1 aliphatic heterocycles. The number of carbonyl (C=O) groups excluding carboxylic acids is 1. The summed E-state index contributed by atoms with van der Waals surface area (Å²) in [6.45, 7) is 6.98. The van der Waals surface area contributed by atoms with Crippen LogP contribution in [0.1, 0.15) is 37.8 Å². The number of carbonyl (C=O) groups is 1. The highest BCUT2D eigenvalue weighted by atomic mass is 19.1. The SMILES string of the molecule is CC(C)Oc1ccc(CNC(=O)[C@@H]2CCCN(Cc3ccc(F)cc3)C2)cc1. The van der Waals surface area contributed by atoms with Gasteiger partial charge in [0.25, 0.3) is 0 Å². The zero-order valence-electron chi connectivity index (χ0n) is 16.7. The summed E-state index contributed by atoms with van der Waals surface area (Å²) in [4.78, 5) is 14.9. The Balaban J connectivity index is 1.47. The maximum Gasteiger partial charge on any atom is 0.224 e. The fourth-order valence-corrected chi connectivity index (χ4v) is 3.55. The topological polar surface area (TPSA) is 41.6 Å². The number of nitrogens with one attached hydrogen (secondary N) is 1. The van der Waals surface area contributed by atoms with Gasteiger partial charge >= 0.3 is 0 Å². The quantitative estimate of drug-likeness (QED) is 0.780. The van der Waals surface area contributed by atoms with Crippen molar-refractivity contribution in [3.05, 3.63) is 65.5 Å². The predicted molar refractivity (Wildman–Crippen MR) is 108 cm³/mol. The van der Waals surface area contributed by atoms with Crippen LogP contribution in [0.2, 0.25) is 0 Å². The van der Waals surface area contributed by atoms with E-state index in [0.29, 0.717) is 6.54 Å². The molecule has 2 aromatic carbocycles. The van der Waals surface area contributed by atoms with E-state index in [1.54, 1.807) is 0 Å². The van der Waals surface area contributed by atoms with E-state index in [2.05, 4.69) is 10.2 Å². The van der Waals surface area contributed by atoms with Gasteiger partial charge < -0.3 is 10.1 Å². The molecule has 150 valence electrons. The molecule has 0 unspecified atom stereocenters. The molecule has 3 rings (SSSR count). The molecule has 28 heavy (non-hydrogen) atoms. The Morgan fingerprint density at radius 3 is 2.50 bits per heavy atom. The van der Waals surface area contributed by atoms with Gasteiger partial charge in [-0.1, -0.05) is 24.3 Å². The second-order valence-corrected chi connectivity index (χ2v) is 7.73. The number of piperidine rings is 1. The van der Waals surface area contributed by atoms with Crippen LogP contribution in [-0.4, -0.2) is 30.0 Å². The monoisotopic (exact) mass is 384 g/mol. The van der Waals surface area contributed by atoms with Gasteiger partial charge in [-0.2, -0.15) is 0 Å². The van der Waals surface area contributed by atoms with Crippen molar-refractivity contribution >= 4 is 5.91 Å². The van der Waals surface area contributed by atoms with E-state index in [-0.39, 0.29) is 23.7 Å². The summed E-state index contributed by atoms with van der Waals surface area (Å²) in [7, 11) is 0. The fraction of sp³-hybridized carbons (Fsp3) is 0.435. The number of rotatable bonds is 7. The molecule has 4 nitrogen and oxygen atoms in total. The van der Waals surface area contributed by atoms with Crippen LogP contribution in [-0.2, 0) is 17.9 Å². The number of amides is 1. The number of likely N-dealkylation sites (tertiary alicyclic amines) is 1. The molecule has 1 saturated heterocycles. The number of ether oxygens (including phenoxy) is 1. The second-order valence-electron chi connectivity index (χ2n) is 7.73. The maximum absolute atomic E-state index is 13.1. The van der Waals surface area contributed by atoms with Gasteiger partial charge in [0.15, 0.2) is 0 Å². The van der Waals surface area contributed by atoms with Crippen LogP contribution in [0.3, 0.4) is 0 Å². The van der Waals surface area contributed by atoms with Crippen molar-refractivity contribution in [1.29, 1.82) is 0 Å². The highest BCUT2D eigenvalue weighted by Crippen LogP contribution is 2.19. The lowest BCUT2D eigenvalue weighted by Crippen LogP contribution is -2.42. The van der Waals surface area contributed by atoms with Crippen LogP contribution >= 0.6 is 0 Å². The summed E-state index contributed by atoms with van der Waals surface area (Å²) >= 11 is 0. The number of hydrogen-bond donors (Lipinski definition) is 1. The Morgan fingerprint density at radius 1 is 1.14 bits per heavy atom. The first kappa shape index (κ1) is 20.3. The van der Waals surface area contributed by atoms with E-state index in [1.165, 1.54) is 12.1 Å². The summed E-state index contributed by atoms with van der Waals surface area (Å²) in [5.41, 5.74) is 2.13. The van der Waals surface area contributed by atoms with E-state index in [4.69, 9.17) is 4.74 Å². The van der Waals surface area contributed by atoms with Crippen molar-refractivity contribution in [2.24, 2.45) is 5.92 Å². The number of halogens is 1. The zero-order valence-corrected chi connectivity index (χ0v) is 16.7. The molecule has 1 heterocycles. The number of hydrogen-bond acceptors (Lipinski definition) is 3. The van der Waals surface area contributed by atoms with Crippen LogP contribution in [0.25, 0.3) is 0 Å². The summed E-state index contributed by atoms with van der Waals surface area (Å²) in [6, 6.07) is 14.4. The van der Waals surface area contributed by atoms with Gasteiger partial charge in [-0.05, 0) is 68.6 Å². The Hall–Kier alpha value is -2.40. The summed E-state index contributed by atoms with van der Waals surface area (Å²) in [6.07, 6.45) is 2.06. The minimum Gasteiger partial charge on any atom is -0.491 e. The van der Waals surface area contributed by atoms with E-state index in [9.17, 15) is 9.18 Å². The molecular weight excluding hydrogens is 355 g/mol. The van der Waals surface area contributed by atoms with Gasteiger partial charge in [0.05, 0.1) is 12.0 Å². The summed E-state index contributed by atoms with van der Waals surface area (Å²) in [5.74, 6) is 0.723. The van der Waals surface area contributed by atoms with Crippen LogP contribution < -0.4 is 10.1 Å². The Kier molecular flexibility index (Phi) is 7.04. The third-order valence-electron chi connectivity index (χ3n) is 4.96. The van der Waals surface area contributed by atoms with Gasteiger partial charge in [0.1, 0.15) is 11.6 Å². The number of nitrogens with zero attached hydrogens (tertiary/aromatic N) is 1. The van der Waals surface area contributed by atoms with Crippen LogP contribution in [0.15, 0.2) is 48.5 Å². The zero-order chi connectivity index (χ0) is 19.9. The molecule has 5 heteroatoms. The second kappa shape index (κ2) is 9.69. The van der Waals surface area contributed by atoms with E-state index in [0.717, 1.165) is 49.4 Å². The molecule has 0 spiro atoms. The normalized spacial score (nSPS) is 17.5.